The van der Waals surface area contributed by atoms with Crippen LogP contribution >= 0.6 is 0 Å². The summed E-state index contributed by atoms with van der Waals surface area (Å²) in [4.78, 5) is 0. The fourth-order valence-electron chi connectivity index (χ4n) is 0.996. The Morgan fingerprint density at radius 2 is 1.91 bits per heavy atom. The summed E-state index contributed by atoms with van der Waals surface area (Å²) in [6, 6.07) is 8.10. The minimum absolute atomic E-state index is 0.915. The van der Waals surface area contributed by atoms with E-state index >= 15 is 0 Å². The molecular weight excluding hydrogens is 138 g/mol. The minimum Gasteiger partial charge on any atom is -0.497 e. The van der Waals surface area contributed by atoms with E-state index in [-0.39, 0.29) is 0 Å². The lowest BCUT2D eigenvalue weighted by molar-refractivity contribution is -0.366. The van der Waals surface area contributed by atoms with Crippen LogP contribution in [0.3, 0.4) is 0 Å². The van der Waals surface area contributed by atoms with Gasteiger partial charge in [-0.2, -0.15) is 0 Å². The summed E-state index contributed by atoms with van der Waals surface area (Å²) >= 11 is 0. The van der Waals surface area contributed by atoms with E-state index in [0.29, 0.717) is 0 Å². The van der Waals surface area contributed by atoms with Crippen molar-refractivity contribution in [1.29, 1.82) is 0 Å². The molecule has 60 valence electrons. The summed E-state index contributed by atoms with van der Waals surface area (Å²) < 4.78 is 5.03. The van der Waals surface area contributed by atoms with Crippen molar-refractivity contribution in [2.24, 2.45) is 0 Å². The van der Waals surface area contributed by atoms with Gasteiger partial charge in [0.15, 0.2) is 0 Å². The third-order valence-corrected chi connectivity index (χ3v) is 1.62. The van der Waals surface area contributed by atoms with Crippen LogP contribution in [0.1, 0.15) is 5.56 Å². The van der Waals surface area contributed by atoms with Gasteiger partial charge in [0, 0.05) is 6.42 Å². The number of quaternary nitrogens is 1. The van der Waals surface area contributed by atoms with E-state index < -0.39 is 0 Å². The molecule has 0 heterocycles. The molecule has 0 amide bonds. The normalized spacial score (nSPS) is 9.64. The standard InChI is InChI=1S/C9H13NO/c1-11-9-4-2-8(3-5-9)6-7-10/h2-5H,6-7,10H2,1H3/p+1. The predicted octanol–water partition coefficient (Wildman–Crippen LogP) is 0.480. The highest BCUT2D eigenvalue weighted by molar-refractivity contribution is 5.27. The van der Waals surface area contributed by atoms with Crippen LogP contribution in [0, 0.1) is 0 Å². The summed E-state index contributed by atoms with van der Waals surface area (Å²) in [6.45, 7) is 0.951. The van der Waals surface area contributed by atoms with Crippen LogP contribution in [0.4, 0.5) is 0 Å². The van der Waals surface area contributed by atoms with E-state index in [1.165, 1.54) is 5.56 Å². The third kappa shape index (κ3) is 2.24. The van der Waals surface area contributed by atoms with Crippen molar-refractivity contribution in [2.45, 2.75) is 6.42 Å². The second kappa shape index (κ2) is 3.98. The number of ether oxygens (including phenoxy) is 1. The van der Waals surface area contributed by atoms with E-state index in [1.54, 1.807) is 7.11 Å². The molecular formula is C9H14NO+. The Kier molecular flexibility index (Phi) is 2.93. The van der Waals surface area contributed by atoms with Gasteiger partial charge < -0.3 is 10.5 Å². The van der Waals surface area contributed by atoms with Crippen molar-refractivity contribution in [3.8, 4) is 5.75 Å². The molecule has 0 saturated carbocycles. The van der Waals surface area contributed by atoms with Gasteiger partial charge in [0.25, 0.3) is 0 Å². The summed E-state index contributed by atoms with van der Waals surface area (Å²) in [6.07, 6.45) is 1.05. The van der Waals surface area contributed by atoms with Crippen LogP contribution in [-0.4, -0.2) is 13.7 Å². The Morgan fingerprint density at radius 1 is 1.27 bits per heavy atom. The van der Waals surface area contributed by atoms with Crippen molar-refractivity contribution in [3.05, 3.63) is 29.8 Å². The Bertz CT molecular complexity index is 205. The Balaban J connectivity index is 2.66. The van der Waals surface area contributed by atoms with Gasteiger partial charge >= 0.3 is 0 Å². The SMILES string of the molecule is COc1ccc(CC[NH3+])cc1. The molecule has 0 saturated heterocycles. The van der Waals surface area contributed by atoms with E-state index in [4.69, 9.17) is 4.74 Å². The molecule has 1 aromatic rings. The topological polar surface area (TPSA) is 36.9 Å². The van der Waals surface area contributed by atoms with Crippen LogP contribution in [-0.2, 0) is 6.42 Å². The van der Waals surface area contributed by atoms with Gasteiger partial charge in [0.05, 0.1) is 13.7 Å². The molecule has 2 nitrogen and oxygen atoms in total. The highest BCUT2D eigenvalue weighted by Gasteiger charge is 1.92. The number of rotatable bonds is 3. The first-order valence-electron chi connectivity index (χ1n) is 3.79. The average molecular weight is 152 g/mol. The zero-order chi connectivity index (χ0) is 8.10. The van der Waals surface area contributed by atoms with Gasteiger partial charge in [0.2, 0.25) is 0 Å². The van der Waals surface area contributed by atoms with Crippen LogP contribution in [0.15, 0.2) is 24.3 Å². The van der Waals surface area contributed by atoms with Gasteiger partial charge in [-0.15, -0.1) is 0 Å². The average Bonchev–Trinajstić information content (AvgIpc) is 2.07. The first-order valence-corrected chi connectivity index (χ1v) is 3.79. The molecule has 0 aromatic heterocycles. The smallest absolute Gasteiger partial charge is 0.118 e. The molecule has 0 fully saturated rings. The summed E-state index contributed by atoms with van der Waals surface area (Å²) in [5.74, 6) is 0.915. The molecule has 2 heteroatoms. The third-order valence-electron chi connectivity index (χ3n) is 1.62. The van der Waals surface area contributed by atoms with Crippen LogP contribution in [0.5, 0.6) is 5.75 Å². The second-order valence-corrected chi connectivity index (χ2v) is 2.45. The molecule has 1 rings (SSSR count). The lowest BCUT2D eigenvalue weighted by Gasteiger charge is -2.00. The Labute approximate surface area is 67.0 Å². The Morgan fingerprint density at radius 3 is 2.36 bits per heavy atom. The fourth-order valence-corrected chi connectivity index (χ4v) is 0.996. The van der Waals surface area contributed by atoms with E-state index in [2.05, 4.69) is 17.9 Å². The molecule has 11 heavy (non-hydrogen) atoms. The maximum atomic E-state index is 5.03. The lowest BCUT2D eigenvalue weighted by atomic mass is 10.1. The summed E-state index contributed by atoms with van der Waals surface area (Å²) in [5.41, 5.74) is 5.11. The first-order chi connectivity index (χ1) is 5.36. The van der Waals surface area contributed by atoms with E-state index in [0.717, 1.165) is 18.7 Å². The minimum atomic E-state index is 0.915. The van der Waals surface area contributed by atoms with Crippen molar-refractivity contribution >= 4 is 0 Å². The van der Waals surface area contributed by atoms with Gasteiger partial charge in [-0.3, -0.25) is 0 Å². The number of methoxy groups -OCH3 is 1. The molecule has 0 aliphatic carbocycles. The van der Waals surface area contributed by atoms with E-state index in [9.17, 15) is 0 Å². The molecule has 0 spiro atoms. The van der Waals surface area contributed by atoms with Crippen molar-refractivity contribution in [2.75, 3.05) is 13.7 Å². The van der Waals surface area contributed by atoms with Crippen molar-refractivity contribution in [1.82, 2.24) is 0 Å². The summed E-state index contributed by atoms with van der Waals surface area (Å²) in [7, 11) is 1.68. The highest BCUT2D eigenvalue weighted by Crippen LogP contribution is 2.10. The molecule has 0 radical (unpaired) electrons. The molecule has 3 N–H and O–H groups in total. The maximum absolute atomic E-state index is 5.03. The first kappa shape index (κ1) is 8.08. The fraction of sp³-hybridized carbons (Fsp3) is 0.333. The lowest BCUT2D eigenvalue weighted by Crippen LogP contribution is -2.51. The number of hydrogen-bond donors (Lipinski definition) is 1. The van der Waals surface area contributed by atoms with Gasteiger partial charge in [-0.05, 0) is 17.7 Å². The number of hydrogen-bond acceptors (Lipinski definition) is 1. The highest BCUT2D eigenvalue weighted by atomic mass is 16.5. The largest absolute Gasteiger partial charge is 0.497 e. The molecule has 0 atom stereocenters. The summed E-state index contributed by atoms with van der Waals surface area (Å²) in [5, 5.41) is 0. The number of benzene rings is 1. The predicted molar refractivity (Wildman–Crippen MR) is 44.5 cm³/mol. The molecule has 0 aliphatic heterocycles. The Hall–Kier alpha value is -1.02. The van der Waals surface area contributed by atoms with Crippen molar-refractivity contribution in [3.63, 3.8) is 0 Å². The zero-order valence-corrected chi connectivity index (χ0v) is 6.84. The second-order valence-electron chi connectivity index (χ2n) is 2.45. The molecule has 1 aromatic carbocycles. The molecule has 0 aliphatic rings. The van der Waals surface area contributed by atoms with Crippen LogP contribution < -0.4 is 10.5 Å². The quantitative estimate of drug-likeness (QED) is 0.672. The molecule has 0 bridgehead atoms. The van der Waals surface area contributed by atoms with Crippen LogP contribution in [0.2, 0.25) is 0 Å². The monoisotopic (exact) mass is 152 g/mol. The zero-order valence-electron chi connectivity index (χ0n) is 6.84. The van der Waals surface area contributed by atoms with Gasteiger partial charge in [-0.25, -0.2) is 0 Å². The van der Waals surface area contributed by atoms with Crippen LogP contribution in [0.25, 0.3) is 0 Å². The van der Waals surface area contributed by atoms with E-state index in [1.807, 2.05) is 12.1 Å². The van der Waals surface area contributed by atoms with Crippen molar-refractivity contribution < 1.29 is 10.5 Å². The maximum Gasteiger partial charge on any atom is 0.118 e. The van der Waals surface area contributed by atoms with Gasteiger partial charge in [0.1, 0.15) is 5.75 Å². The van der Waals surface area contributed by atoms with Gasteiger partial charge in [-0.1, -0.05) is 12.1 Å². The molecule has 0 unspecified atom stereocenters.